The molecule has 0 spiro atoms. The molecule has 2 aromatic rings. The van der Waals surface area contributed by atoms with Crippen molar-refractivity contribution >= 4 is 0 Å². The maximum Gasteiger partial charge on any atom is 0.131 e. The molecule has 2 rings (SSSR count). The molecule has 0 bridgehead atoms. The fourth-order valence-electron chi connectivity index (χ4n) is 2.02. The Hall–Kier alpha value is -2.34. The van der Waals surface area contributed by atoms with Crippen LogP contribution in [0.15, 0.2) is 36.4 Å². The summed E-state index contributed by atoms with van der Waals surface area (Å²) in [6.45, 7) is 6.36. The Morgan fingerprint density at radius 2 is 1.95 bits per heavy atom. The third-order valence-corrected chi connectivity index (χ3v) is 3.44. The van der Waals surface area contributed by atoms with E-state index in [1.165, 1.54) is 11.6 Å². The highest BCUT2D eigenvalue weighted by molar-refractivity contribution is 5.38. The van der Waals surface area contributed by atoms with Crippen LogP contribution in [-0.4, -0.2) is 0 Å². The average Bonchev–Trinajstić information content (AvgIpc) is 2.47. The van der Waals surface area contributed by atoms with E-state index in [4.69, 9.17) is 10.00 Å². The molecule has 0 saturated heterocycles. The molecule has 0 aliphatic rings. The molecule has 0 aliphatic carbocycles. The Balaban J connectivity index is 2.17. The Morgan fingerprint density at radius 1 is 1.19 bits per heavy atom. The first-order valence-corrected chi connectivity index (χ1v) is 6.93. The topological polar surface area (TPSA) is 33.0 Å². The summed E-state index contributed by atoms with van der Waals surface area (Å²) in [5.74, 6) is 0.774. The smallest absolute Gasteiger partial charge is 0.131 e. The molecule has 0 heterocycles. The second-order valence-electron chi connectivity index (χ2n) is 5.39. The van der Waals surface area contributed by atoms with Gasteiger partial charge in [0.1, 0.15) is 18.2 Å². The number of rotatable bonds is 4. The monoisotopic (exact) mass is 283 g/mol. The summed E-state index contributed by atoms with van der Waals surface area (Å²) in [6.07, 6.45) is 0. The zero-order valence-corrected chi connectivity index (χ0v) is 12.5. The van der Waals surface area contributed by atoms with Crippen molar-refractivity contribution in [1.82, 2.24) is 0 Å². The van der Waals surface area contributed by atoms with Gasteiger partial charge in [0.25, 0.3) is 0 Å². The van der Waals surface area contributed by atoms with Gasteiger partial charge in [-0.25, -0.2) is 4.39 Å². The standard InChI is InChI=1S/C18H18FNO/c1-12(2)15-6-4-13(3)18(9-15)21-11-16-7-5-14(10-20)8-17(16)19/h4-9,12H,11H2,1-3H3. The van der Waals surface area contributed by atoms with Crippen molar-refractivity contribution in [3.05, 3.63) is 64.5 Å². The molecule has 0 N–H and O–H groups in total. The molecule has 0 aromatic heterocycles. The van der Waals surface area contributed by atoms with Crippen LogP contribution < -0.4 is 4.74 Å². The molecular formula is C18H18FNO. The van der Waals surface area contributed by atoms with Gasteiger partial charge in [0.15, 0.2) is 0 Å². The first-order valence-electron chi connectivity index (χ1n) is 6.93. The summed E-state index contributed by atoms with van der Waals surface area (Å²) in [5.41, 5.74) is 2.97. The van der Waals surface area contributed by atoms with Gasteiger partial charge >= 0.3 is 0 Å². The molecule has 0 radical (unpaired) electrons. The first kappa shape index (κ1) is 15.1. The van der Waals surface area contributed by atoms with E-state index >= 15 is 0 Å². The van der Waals surface area contributed by atoms with Gasteiger partial charge in [-0.15, -0.1) is 0 Å². The van der Waals surface area contributed by atoms with E-state index in [9.17, 15) is 4.39 Å². The molecule has 0 fully saturated rings. The predicted octanol–water partition coefficient (Wildman–Crippen LogP) is 4.71. The number of benzene rings is 2. The van der Waals surface area contributed by atoms with Crippen LogP contribution in [0.25, 0.3) is 0 Å². The van der Waals surface area contributed by atoms with Crippen LogP contribution in [0, 0.1) is 24.1 Å². The Morgan fingerprint density at radius 3 is 2.57 bits per heavy atom. The normalized spacial score (nSPS) is 10.5. The zero-order valence-electron chi connectivity index (χ0n) is 12.5. The molecule has 0 unspecified atom stereocenters. The minimum absolute atomic E-state index is 0.153. The molecule has 0 amide bonds. The van der Waals surface area contributed by atoms with Crippen molar-refractivity contribution in [1.29, 1.82) is 5.26 Å². The summed E-state index contributed by atoms with van der Waals surface area (Å²) in [5, 5.41) is 8.73. The number of halogens is 1. The zero-order chi connectivity index (χ0) is 15.4. The maximum absolute atomic E-state index is 13.8. The summed E-state index contributed by atoms with van der Waals surface area (Å²) in [4.78, 5) is 0. The molecule has 21 heavy (non-hydrogen) atoms. The lowest BCUT2D eigenvalue weighted by Crippen LogP contribution is -2.01. The minimum Gasteiger partial charge on any atom is -0.489 e. The molecule has 2 aromatic carbocycles. The lowest BCUT2D eigenvalue weighted by Gasteiger charge is -2.13. The van der Waals surface area contributed by atoms with E-state index in [-0.39, 0.29) is 6.61 Å². The third-order valence-electron chi connectivity index (χ3n) is 3.44. The Bertz CT molecular complexity index is 686. The van der Waals surface area contributed by atoms with Crippen LogP contribution in [0.1, 0.15) is 42.0 Å². The van der Waals surface area contributed by atoms with Crippen molar-refractivity contribution in [2.75, 3.05) is 0 Å². The molecule has 3 heteroatoms. The van der Waals surface area contributed by atoms with E-state index in [0.29, 0.717) is 17.0 Å². The number of hydrogen-bond acceptors (Lipinski definition) is 2. The molecule has 108 valence electrons. The van der Waals surface area contributed by atoms with Crippen molar-refractivity contribution in [3.8, 4) is 11.8 Å². The number of aryl methyl sites for hydroxylation is 1. The number of nitriles is 1. The minimum atomic E-state index is -0.410. The van der Waals surface area contributed by atoms with Gasteiger partial charge < -0.3 is 4.74 Å². The molecule has 2 nitrogen and oxygen atoms in total. The van der Waals surface area contributed by atoms with Gasteiger partial charge in [0, 0.05) is 5.56 Å². The SMILES string of the molecule is Cc1ccc(C(C)C)cc1OCc1ccc(C#N)cc1F. The average molecular weight is 283 g/mol. The van der Waals surface area contributed by atoms with Gasteiger partial charge in [-0.05, 0) is 42.2 Å². The van der Waals surface area contributed by atoms with Crippen LogP contribution in [0.4, 0.5) is 4.39 Å². The number of ether oxygens (including phenoxy) is 1. The van der Waals surface area contributed by atoms with E-state index in [1.54, 1.807) is 12.1 Å². The van der Waals surface area contributed by atoms with Gasteiger partial charge in [0.2, 0.25) is 0 Å². The van der Waals surface area contributed by atoms with Crippen LogP contribution in [0.3, 0.4) is 0 Å². The van der Waals surface area contributed by atoms with Crippen molar-refractivity contribution in [3.63, 3.8) is 0 Å². The van der Waals surface area contributed by atoms with E-state index in [0.717, 1.165) is 11.3 Å². The van der Waals surface area contributed by atoms with Crippen LogP contribution in [-0.2, 0) is 6.61 Å². The predicted molar refractivity (Wildman–Crippen MR) is 80.7 cm³/mol. The maximum atomic E-state index is 13.8. The first-order chi connectivity index (χ1) is 10.0. The van der Waals surface area contributed by atoms with Crippen molar-refractivity contribution < 1.29 is 9.13 Å². The molecule has 0 aliphatic heterocycles. The van der Waals surface area contributed by atoms with Crippen LogP contribution >= 0.6 is 0 Å². The van der Waals surface area contributed by atoms with Gasteiger partial charge in [-0.1, -0.05) is 32.0 Å². The Kier molecular flexibility index (Phi) is 4.59. The highest BCUT2D eigenvalue weighted by Crippen LogP contribution is 2.25. The van der Waals surface area contributed by atoms with E-state index in [1.807, 2.05) is 25.1 Å². The van der Waals surface area contributed by atoms with Crippen molar-refractivity contribution in [2.24, 2.45) is 0 Å². The second-order valence-corrected chi connectivity index (χ2v) is 5.39. The fraction of sp³-hybridized carbons (Fsp3) is 0.278. The van der Waals surface area contributed by atoms with Crippen LogP contribution in [0.2, 0.25) is 0 Å². The second kappa shape index (κ2) is 6.41. The van der Waals surface area contributed by atoms with E-state index in [2.05, 4.69) is 19.9 Å². The van der Waals surface area contributed by atoms with Crippen molar-refractivity contribution in [2.45, 2.75) is 33.3 Å². The largest absolute Gasteiger partial charge is 0.489 e. The Labute approximate surface area is 124 Å². The molecular weight excluding hydrogens is 265 g/mol. The number of hydrogen-bond donors (Lipinski definition) is 0. The van der Waals surface area contributed by atoms with Gasteiger partial charge in [0.05, 0.1) is 11.6 Å². The summed E-state index contributed by atoms with van der Waals surface area (Å²) in [6, 6.07) is 12.4. The molecule has 0 saturated carbocycles. The lowest BCUT2D eigenvalue weighted by atomic mass is 10.0. The highest BCUT2D eigenvalue weighted by Gasteiger charge is 2.08. The summed E-state index contributed by atoms with van der Waals surface area (Å²) in [7, 11) is 0. The summed E-state index contributed by atoms with van der Waals surface area (Å²) < 4.78 is 19.6. The lowest BCUT2D eigenvalue weighted by molar-refractivity contribution is 0.297. The van der Waals surface area contributed by atoms with Gasteiger partial charge in [-0.2, -0.15) is 5.26 Å². The molecule has 0 atom stereocenters. The fourth-order valence-corrected chi connectivity index (χ4v) is 2.02. The van der Waals surface area contributed by atoms with Gasteiger partial charge in [-0.3, -0.25) is 0 Å². The quantitative estimate of drug-likeness (QED) is 0.814. The van der Waals surface area contributed by atoms with Crippen LogP contribution in [0.5, 0.6) is 5.75 Å². The number of nitrogens with zero attached hydrogens (tertiary/aromatic N) is 1. The summed E-state index contributed by atoms with van der Waals surface area (Å²) >= 11 is 0. The third kappa shape index (κ3) is 3.61. The van der Waals surface area contributed by atoms with E-state index < -0.39 is 5.82 Å². The highest BCUT2D eigenvalue weighted by atomic mass is 19.1.